The summed E-state index contributed by atoms with van der Waals surface area (Å²) in [6.07, 6.45) is 1.95. The maximum atomic E-state index is 5.96. The van der Waals surface area contributed by atoms with E-state index in [9.17, 15) is 0 Å². The van der Waals surface area contributed by atoms with Crippen LogP contribution in [0.3, 0.4) is 0 Å². The Kier molecular flexibility index (Phi) is 5.61. The van der Waals surface area contributed by atoms with E-state index in [-0.39, 0.29) is 5.82 Å². The van der Waals surface area contributed by atoms with Crippen LogP contribution < -0.4 is 25.7 Å². The standard InChI is InChI=1S/C20H22N4O3/c1-25-16-9-14(8-15-20(22)24-18(21)11-23-15)10-17(26-2)19(16)27-12-13-6-4-3-5-7-13/h3-7,9-11H,8,12H2,1-2H3,(H4,21,22,24). The molecular formula is C20H22N4O3. The third-order valence-corrected chi connectivity index (χ3v) is 4.02. The van der Waals surface area contributed by atoms with Gasteiger partial charge in [-0.25, -0.2) is 4.98 Å². The zero-order valence-electron chi connectivity index (χ0n) is 15.3. The minimum absolute atomic E-state index is 0.288. The minimum atomic E-state index is 0.288. The Morgan fingerprint density at radius 2 is 1.59 bits per heavy atom. The second-order valence-electron chi connectivity index (χ2n) is 5.91. The van der Waals surface area contributed by atoms with E-state index in [4.69, 9.17) is 25.7 Å². The van der Waals surface area contributed by atoms with Crippen LogP contribution >= 0.6 is 0 Å². The summed E-state index contributed by atoms with van der Waals surface area (Å²) in [6.45, 7) is 0.406. The molecule has 140 valence electrons. The Morgan fingerprint density at radius 1 is 0.926 bits per heavy atom. The lowest BCUT2D eigenvalue weighted by molar-refractivity contribution is 0.265. The fraction of sp³-hybridized carbons (Fsp3) is 0.200. The van der Waals surface area contributed by atoms with E-state index >= 15 is 0 Å². The lowest BCUT2D eigenvalue weighted by Gasteiger charge is -2.16. The van der Waals surface area contributed by atoms with Gasteiger partial charge in [-0.05, 0) is 23.3 Å². The van der Waals surface area contributed by atoms with Crippen molar-refractivity contribution in [3.8, 4) is 17.2 Å². The average Bonchev–Trinajstić information content (AvgIpc) is 2.69. The molecule has 1 heterocycles. The van der Waals surface area contributed by atoms with E-state index in [1.54, 1.807) is 14.2 Å². The van der Waals surface area contributed by atoms with Gasteiger partial charge in [0.2, 0.25) is 5.75 Å². The van der Waals surface area contributed by atoms with Crippen LogP contribution in [-0.4, -0.2) is 24.2 Å². The number of benzene rings is 2. The Morgan fingerprint density at radius 3 is 2.19 bits per heavy atom. The first-order valence-electron chi connectivity index (χ1n) is 8.39. The van der Waals surface area contributed by atoms with Crippen molar-refractivity contribution in [2.24, 2.45) is 0 Å². The van der Waals surface area contributed by atoms with Crippen molar-refractivity contribution in [3.63, 3.8) is 0 Å². The second-order valence-corrected chi connectivity index (χ2v) is 5.91. The van der Waals surface area contributed by atoms with Gasteiger partial charge in [0.25, 0.3) is 0 Å². The molecule has 0 saturated heterocycles. The highest BCUT2D eigenvalue weighted by atomic mass is 16.5. The van der Waals surface area contributed by atoms with Crippen LogP contribution in [0.5, 0.6) is 17.2 Å². The van der Waals surface area contributed by atoms with Crippen molar-refractivity contribution < 1.29 is 14.2 Å². The maximum absolute atomic E-state index is 5.96. The third kappa shape index (κ3) is 4.38. The minimum Gasteiger partial charge on any atom is -0.493 e. The summed E-state index contributed by atoms with van der Waals surface area (Å²) in [6, 6.07) is 13.6. The van der Waals surface area contributed by atoms with Crippen molar-refractivity contribution in [2.75, 3.05) is 25.7 Å². The van der Waals surface area contributed by atoms with Gasteiger partial charge >= 0.3 is 0 Å². The highest BCUT2D eigenvalue weighted by molar-refractivity contribution is 5.55. The van der Waals surface area contributed by atoms with Gasteiger partial charge in [0.15, 0.2) is 11.5 Å². The first kappa shape index (κ1) is 18.3. The molecule has 3 rings (SSSR count). The Balaban J connectivity index is 1.87. The molecule has 0 unspecified atom stereocenters. The predicted molar refractivity (Wildman–Crippen MR) is 104 cm³/mol. The molecule has 1 aromatic heterocycles. The number of nitrogens with zero attached hydrogens (tertiary/aromatic N) is 2. The van der Waals surface area contributed by atoms with Gasteiger partial charge in [-0.1, -0.05) is 30.3 Å². The third-order valence-electron chi connectivity index (χ3n) is 4.02. The molecule has 0 atom stereocenters. The number of rotatable bonds is 7. The smallest absolute Gasteiger partial charge is 0.203 e. The molecule has 0 radical (unpaired) electrons. The number of methoxy groups -OCH3 is 2. The Labute approximate surface area is 157 Å². The van der Waals surface area contributed by atoms with E-state index in [1.165, 1.54) is 6.20 Å². The molecular weight excluding hydrogens is 344 g/mol. The summed E-state index contributed by atoms with van der Waals surface area (Å²) >= 11 is 0. The van der Waals surface area contributed by atoms with E-state index in [0.29, 0.717) is 41.8 Å². The monoisotopic (exact) mass is 366 g/mol. The van der Waals surface area contributed by atoms with Crippen LogP contribution in [0.25, 0.3) is 0 Å². The van der Waals surface area contributed by atoms with Gasteiger partial charge in [-0.15, -0.1) is 0 Å². The van der Waals surface area contributed by atoms with Crippen LogP contribution in [0, 0.1) is 0 Å². The summed E-state index contributed by atoms with van der Waals surface area (Å²) < 4.78 is 17.0. The van der Waals surface area contributed by atoms with E-state index in [2.05, 4.69) is 9.97 Å². The largest absolute Gasteiger partial charge is 0.493 e. The van der Waals surface area contributed by atoms with Gasteiger partial charge in [0, 0.05) is 6.42 Å². The lowest BCUT2D eigenvalue weighted by atomic mass is 10.1. The molecule has 7 nitrogen and oxygen atoms in total. The Hall–Kier alpha value is -3.48. The van der Waals surface area contributed by atoms with Crippen LogP contribution in [-0.2, 0) is 13.0 Å². The van der Waals surface area contributed by atoms with E-state index < -0.39 is 0 Å². The molecule has 3 aromatic rings. The first-order valence-corrected chi connectivity index (χ1v) is 8.39. The topological polar surface area (TPSA) is 106 Å². The molecule has 27 heavy (non-hydrogen) atoms. The van der Waals surface area contributed by atoms with Crippen molar-refractivity contribution in [1.29, 1.82) is 0 Å². The summed E-state index contributed by atoms with van der Waals surface area (Å²) in [5.41, 5.74) is 14.1. The summed E-state index contributed by atoms with van der Waals surface area (Å²) in [5.74, 6) is 2.28. The van der Waals surface area contributed by atoms with E-state index in [1.807, 2.05) is 42.5 Å². The molecule has 0 fully saturated rings. The maximum Gasteiger partial charge on any atom is 0.203 e. The highest BCUT2D eigenvalue weighted by Crippen LogP contribution is 2.39. The quantitative estimate of drug-likeness (QED) is 0.662. The Bertz CT molecular complexity index is 891. The first-order chi connectivity index (χ1) is 13.1. The van der Waals surface area contributed by atoms with Crippen LogP contribution in [0.2, 0.25) is 0 Å². The number of anilines is 2. The normalized spacial score (nSPS) is 10.4. The molecule has 0 aliphatic rings. The molecule has 7 heteroatoms. The number of ether oxygens (including phenoxy) is 3. The lowest BCUT2D eigenvalue weighted by Crippen LogP contribution is -2.05. The van der Waals surface area contributed by atoms with Gasteiger partial charge in [0.05, 0.1) is 26.1 Å². The molecule has 4 N–H and O–H groups in total. The molecule has 0 amide bonds. The van der Waals surface area contributed by atoms with Crippen LogP contribution in [0.1, 0.15) is 16.8 Å². The van der Waals surface area contributed by atoms with Gasteiger partial charge < -0.3 is 25.7 Å². The molecule has 0 aliphatic carbocycles. The number of nitrogen functional groups attached to an aromatic ring is 2. The van der Waals surface area contributed by atoms with Crippen molar-refractivity contribution in [2.45, 2.75) is 13.0 Å². The summed E-state index contributed by atoms with van der Waals surface area (Å²) in [5, 5.41) is 0. The van der Waals surface area contributed by atoms with Crippen molar-refractivity contribution >= 4 is 11.6 Å². The zero-order chi connectivity index (χ0) is 19.2. The highest BCUT2D eigenvalue weighted by Gasteiger charge is 2.16. The summed E-state index contributed by atoms with van der Waals surface area (Å²) in [7, 11) is 3.18. The SMILES string of the molecule is COc1cc(Cc2ncc(N)nc2N)cc(OC)c1OCc1ccccc1. The van der Waals surface area contributed by atoms with Crippen molar-refractivity contribution in [3.05, 3.63) is 65.5 Å². The molecule has 0 spiro atoms. The summed E-state index contributed by atoms with van der Waals surface area (Å²) in [4.78, 5) is 8.30. The molecule has 0 bridgehead atoms. The fourth-order valence-electron chi connectivity index (χ4n) is 2.68. The van der Waals surface area contributed by atoms with Gasteiger partial charge in [-0.3, -0.25) is 4.98 Å². The molecule has 0 aliphatic heterocycles. The fourth-order valence-corrected chi connectivity index (χ4v) is 2.68. The second kappa shape index (κ2) is 8.27. The van der Waals surface area contributed by atoms with Gasteiger partial charge in [-0.2, -0.15) is 0 Å². The number of hydrogen-bond acceptors (Lipinski definition) is 7. The molecule has 0 saturated carbocycles. The average molecular weight is 366 g/mol. The zero-order valence-corrected chi connectivity index (χ0v) is 15.3. The van der Waals surface area contributed by atoms with Crippen LogP contribution in [0.15, 0.2) is 48.7 Å². The van der Waals surface area contributed by atoms with Gasteiger partial charge in [0.1, 0.15) is 18.2 Å². The molecule has 2 aromatic carbocycles. The van der Waals surface area contributed by atoms with Crippen LogP contribution in [0.4, 0.5) is 11.6 Å². The number of nitrogens with two attached hydrogens (primary N) is 2. The number of aromatic nitrogens is 2. The number of hydrogen-bond donors (Lipinski definition) is 2. The van der Waals surface area contributed by atoms with Crippen molar-refractivity contribution in [1.82, 2.24) is 9.97 Å². The van der Waals surface area contributed by atoms with E-state index in [0.717, 1.165) is 11.1 Å². The predicted octanol–water partition coefficient (Wildman–Crippen LogP) is 2.83.